The number of hydrogen-bond acceptors (Lipinski definition) is 5. The van der Waals surface area contributed by atoms with E-state index in [4.69, 9.17) is 16.3 Å². The monoisotopic (exact) mass is 309 g/mol. The Morgan fingerprint density at radius 1 is 1.38 bits per heavy atom. The average Bonchev–Trinajstić information content (AvgIpc) is 2.77. The molecule has 0 aromatic carbocycles. The van der Waals surface area contributed by atoms with Gasteiger partial charge in [0.05, 0.1) is 24.1 Å². The Bertz CT molecular complexity index is 618. The first kappa shape index (κ1) is 15.2. The van der Waals surface area contributed by atoms with Crippen LogP contribution >= 0.6 is 11.6 Å². The van der Waals surface area contributed by atoms with Crippen molar-refractivity contribution in [3.63, 3.8) is 0 Å². The highest BCUT2D eigenvalue weighted by molar-refractivity contribution is 6.29. The molecule has 2 aromatic heterocycles. The van der Waals surface area contributed by atoms with Crippen LogP contribution in [-0.2, 0) is 11.3 Å². The second-order valence-electron chi connectivity index (χ2n) is 5.40. The van der Waals surface area contributed by atoms with Crippen LogP contribution in [0.25, 0.3) is 0 Å². The highest BCUT2D eigenvalue weighted by atomic mass is 35.5. The summed E-state index contributed by atoms with van der Waals surface area (Å²) in [6, 6.07) is 3.42. The van der Waals surface area contributed by atoms with Crippen molar-refractivity contribution in [3.05, 3.63) is 35.4 Å². The average molecular weight is 310 g/mol. The minimum absolute atomic E-state index is 0.339. The number of anilines is 1. The molecule has 2 rings (SSSR count). The van der Waals surface area contributed by atoms with Gasteiger partial charge in [0.1, 0.15) is 5.60 Å². The van der Waals surface area contributed by atoms with Crippen LogP contribution < -0.4 is 5.32 Å². The molecule has 0 radical (unpaired) electrons. The van der Waals surface area contributed by atoms with Gasteiger partial charge < -0.3 is 4.74 Å². The second-order valence-corrected chi connectivity index (χ2v) is 5.79. The highest BCUT2D eigenvalue weighted by Gasteiger charge is 2.16. The lowest BCUT2D eigenvalue weighted by atomic mass is 10.2. The predicted octanol–water partition coefficient (Wildman–Crippen LogP) is 2.72. The summed E-state index contributed by atoms with van der Waals surface area (Å²) in [4.78, 5) is 11.6. The first-order valence-corrected chi connectivity index (χ1v) is 6.70. The molecule has 0 spiro atoms. The molecule has 2 heterocycles. The van der Waals surface area contributed by atoms with Crippen molar-refractivity contribution >= 4 is 23.4 Å². The molecule has 112 valence electrons. The number of carbonyl (C=O) groups is 1. The fraction of sp³-hybridized carbons (Fsp3) is 0.385. The molecule has 1 amide bonds. The Kier molecular flexibility index (Phi) is 4.42. The number of rotatable bonds is 3. The molecule has 0 aliphatic heterocycles. The van der Waals surface area contributed by atoms with E-state index in [1.165, 1.54) is 6.20 Å². The molecule has 0 bridgehead atoms. The van der Waals surface area contributed by atoms with Gasteiger partial charge in [-0.2, -0.15) is 10.2 Å². The Morgan fingerprint density at radius 2 is 2.14 bits per heavy atom. The van der Waals surface area contributed by atoms with E-state index < -0.39 is 11.7 Å². The lowest BCUT2D eigenvalue weighted by Crippen LogP contribution is -2.27. The van der Waals surface area contributed by atoms with Crippen LogP contribution in [0.2, 0.25) is 5.15 Å². The summed E-state index contributed by atoms with van der Waals surface area (Å²) in [6.07, 6.45) is 2.70. The first-order chi connectivity index (χ1) is 9.82. The lowest BCUT2D eigenvalue weighted by Gasteiger charge is -2.19. The first-order valence-electron chi connectivity index (χ1n) is 6.32. The summed E-state index contributed by atoms with van der Waals surface area (Å²) in [5, 5.41) is 14.8. The molecule has 0 saturated heterocycles. The fourth-order valence-corrected chi connectivity index (χ4v) is 1.63. The van der Waals surface area contributed by atoms with E-state index in [0.29, 0.717) is 23.1 Å². The van der Waals surface area contributed by atoms with Gasteiger partial charge in [-0.05, 0) is 32.9 Å². The fourth-order valence-electron chi connectivity index (χ4n) is 1.53. The summed E-state index contributed by atoms with van der Waals surface area (Å²) in [7, 11) is 0. The molecule has 8 heteroatoms. The molecule has 7 nitrogen and oxygen atoms in total. The van der Waals surface area contributed by atoms with Crippen LogP contribution in [0.1, 0.15) is 26.5 Å². The van der Waals surface area contributed by atoms with Crippen molar-refractivity contribution in [2.45, 2.75) is 32.9 Å². The minimum atomic E-state index is -0.543. The molecule has 0 saturated carbocycles. The van der Waals surface area contributed by atoms with Gasteiger partial charge in [-0.3, -0.25) is 10.00 Å². The van der Waals surface area contributed by atoms with Gasteiger partial charge in [0, 0.05) is 6.20 Å². The van der Waals surface area contributed by atoms with Crippen molar-refractivity contribution in [1.29, 1.82) is 0 Å². The third kappa shape index (κ3) is 5.03. The zero-order valence-corrected chi connectivity index (χ0v) is 12.8. The molecule has 1 N–H and O–H groups in total. The smallest absolute Gasteiger partial charge is 0.412 e. The molecular formula is C13H16ClN5O2. The maximum atomic E-state index is 11.6. The van der Waals surface area contributed by atoms with Crippen LogP contribution in [0.15, 0.2) is 24.5 Å². The number of amides is 1. The number of halogens is 1. The normalized spacial score (nSPS) is 11.2. The van der Waals surface area contributed by atoms with E-state index in [1.54, 1.807) is 43.8 Å². The van der Waals surface area contributed by atoms with Crippen LogP contribution in [0.5, 0.6) is 0 Å². The quantitative estimate of drug-likeness (QED) is 0.942. The third-order valence-corrected chi connectivity index (χ3v) is 2.49. The number of nitrogens with one attached hydrogen (secondary N) is 1. The largest absolute Gasteiger partial charge is 0.444 e. The molecular weight excluding hydrogens is 294 g/mol. The van der Waals surface area contributed by atoms with E-state index >= 15 is 0 Å². The topological polar surface area (TPSA) is 81.9 Å². The van der Waals surface area contributed by atoms with Gasteiger partial charge in [0.25, 0.3) is 0 Å². The summed E-state index contributed by atoms with van der Waals surface area (Å²) in [6.45, 7) is 5.83. The zero-order chi connectivity index (χ0) is 15.5. The summed E-state index contributed by atoms with van der Waals surface area (Å²) in [5.74, 6) is 0. The van der Waals surface area contributed by atoms with Crippen molar-refractivity contribution in [2.75, 3.05) is 5.32 Å². The maximum Gasteiger partial charge on any atom is 0.412 e. The van der Waals surface area contributed by atoms with E-state index in [-0.39, 0.29) is 0 Å². The molecule has 0 atom stereocenters. The summed E-state index contributed by atoms with van der Waals surface area (Å²) >= 11 is 5.67. The molecule has 0 aliphatic rings. The van der Waals surface area contributed by atoms with Gasteiger partial charge in [-0.15, -0.1) is 5.10 Å². The van der Waals surface area contributed by atoms with Gasteiger partial charge >= 0.3 is 6.09 Å². The number of nitrogens with zero attached hydrogens (tertiary/aromatic N) is 4. The Labute approximate surface area is 127 Å². The van der Waals surface area contributed by atoms with E-state index in [2.05, 4.69) is 20.6 Å². The van der Waals surface area contributed by atoms with Crippen molar-refractivity contribution < 1.29 is 9.53 Å². The van der Waals surface area contributed by atoms with Gasteiger partial charge in [-0.25, -0.2) is 4.79 Å². The predicted molar refractivity (Wildman–Crippen MR) is 78.2 cm³/mol. The molecule has 0 unspecified atom stereocenters. The SMILES string of the molecule is CC(C)(C)OC(=O)Nc1cnn(Cc2ccc(Cl)nn2)c1. The van der Waals surface area contributed by atoms with Crippen molar-refractivity contribution in [2.24, 2.45) is 0 Å². The van der Waals surface area contributed by atoms with Crippen LogP contribution in [-0.4, -0.2) is 31.7 Å². The lowest BCUT2D eigenvalue weighted by molar-refractivity contribution is 0.0636. The molecule has 21 heavy (non-hydrogen) atoms. The van der Waals surface area contributed by atoms with Crippen LogP contribution in [0, 0.1) is 0 Å². The van der Waals surface area contributed by atoms with E-state index in [1.807, 2.05) is 0 Å². The number of aromatic nitrogens is 4. The van der Waals surface area contributed by atoms with Crippen LogP contribution in [0.3, 0.4) is 0 Å². The standard InChI is InChI=1S/C13H16ClN5O2/c1-13(2,3)21-12(20)16-10-6-15-19(8-10)7-9-4-5-11(14)18-17-9/h4-6,8H,7H2,1-3H3,(H,16,20). The van der Waals surface area contributed by atoms with Gasteiger partial charge in [0.2, 0.25) is 0 Å². The third-order valence-electron chi connectivity index (χ3n) is 2.29. The summed E-state index contributed by atoms with van der Waals surface area (Å²) in [5.41, 5.74) is 0.719. The molecule has 0 fully saturated rings. The van der Waals surface area contributed by atoms with E-state index in [0.717, 1.165) is 0 Å². The zero-order valence-electron chi connectivity index (χ0n) is 12.0. The Balaban J connectivity index is 1.95. The molecule has 0 aliphatic carbocycles. The van der Waals surface area contributed by atoms with Crippen LogP contribution in [0.4, 0.5) is 10.5 Å². The van der Waals surface area contributed by atoms with Crippen molar-refractivity contribution in [3.8, 4) is 0 Å². The Morgan fingerprint density at radius 3 is 2.76 bits per heavy atom. The number of ether oxygens (including phenoxy) is 1. The second kappa shape index (κ2) is 6.09. The highest BCUT2D eigenvalue weighted by Crippen LogP contribution is 2.11. The van der Waals surface area contributed by atoms with Gasteiger partial charge in [0.15, 0.2) is 5.15 Å². The van der Waals surface area contributed by atoms with Crippen molar-refractivity contribution in [1.82, 2.24) is 20.0 Å². The number of hydrogen-bond donors (Lipinski definition) is 1. The summed E-state index contributed by atoms with van der Waals surface area (Å²) < 4.78 is 6.79. The minimum Gasteiger partial charge on any atom is -0.444 e. The number of carbonyl (C=O) groups excluding carboxylic acids is 1. The van der Waals surface area contributed by atoms with Gasteiger partial charge in [-0.1, -0.05) is 11.6 Å². The molecule has 2 aromatic rings. The van der Waals surface area contributed by atoms with E-state index in [9.17, 15) is 4.79 Å². The maximum absolute atomic E-state index is 11.6. The Hall–Kier alpha value is -2.15.